The maximum atomic E-state index is 11.0. The van der Waals surface area contributed by atoms with Crippen molar-refractivity contribution < 1.29 is 18.3 Å². The van der Waals surface area contributed by atoms with Crippen LogP contribution in [0.3, 0.4) is 0 Å². The van der Waals surface area contributed by atoms with Gasteiger partial charge in [-0.05, 0) is 12.1 Å². The number of hydrogen-bond donors (Lipinski definition) is 3. The lowest BCUT2D eigenvalue weighted by molar-refractivity contribution is -0.113. The standard InChI is InChI=1S/C8H9ClN2O4S/c9-4-7(12)11-5-2-1-3-6(8(5)13)16(10,14)15/h1-3,13H,4H2,(H,11,12)(H2,10,14,15). The maximum absolute atomic E-state index is 11.0. The Bertz CT molecular complexity index is 515. The number of phenolic OH excluding ortho intramolecular Hbond substituents is 1. The Morgan fingerprint density at radius 1 is 1.50 bits per heavy atom. The summed E-state index contributed by atoms with van der Waals surface area (Å²) in [7, 11) is -4.03. The van der Waals surface area contributed by atoms with Gasteiger partial charge in [-0.25, -0.2) is 13.6 Å². The van der Waals surface area contributed by atoms with E-state index in [4.69, 9.17) is 16.7 Å². The summed E-state index contributed by atoms with van der Waals surface area (Å²) in [5.41, 5.74) is -0.0582. The molecule has 1 amide bonds. The Kier molecular flexibility index (Phi) is 3.74. The van der Waals surface area contributed by atoms with Crippen molar-refractivity contribution in [1.82, 2.24) is 0 Å². The highest BCUT2D eigenvalue weighted by Crippen LogP contribution is 2.29. The Morgan fingerprint density at radius 2 is 2.12 bits per heavy atom. The van der Waals surface area contributed by atoms with Gasteiger partial charge in [0.25, 0.3) is 0 Å². The number of benzene rings is 1. The first-order valence-electron chi connectivity index (χ1n) is 4.07. The Morgan fingerprint density at radius 3 is 2.62 bits per heavy atom. The average Bonchev–Trinajstić information content (AvgIpc) is 2.19. The molecule has 4 N–H and O–H groups in total. The van der Waals surface area contributed by atoms with Gasteiger partial charge in [0.1, 0.15) is 10.8 Å². The molecule has 0 saturated carbocycles. The SMILES string of the molecule is NS(=O)(=O)c1cccc(NC(=O)CCl)c1O. The molecule has 0 saturated heterocycles. The van der Waals surface area contributed by atoms with Crippen molar-refractivity contribution in [2.24, 2.45) is 5.14 Å². The second-order valence-electron chi connectivity index (χ2n) is 2.88. The van der Waals surface area contributed by atoms with Crippen LogP contribution in [0.15, 0.2) is 23.1 Å². The molecule has 0 heterocycles. The van der Waals surface area contributed by atoms with Crippen LogP contribution in [0.5, 0.6) is 5.75 Å². The number of amides is 1. The van der Waals surface area contributed by atoms with Crippen LogP contribution in [0.25, 0.3) is 0 Å². The fourth-order valence-corrected chi connectivity index (χ4v) is 1.75. The lowest BCUT2D eigenvalue weighted by Gasteiger charge is -2.08. The van der Waals surface area contributed by atoms with Crippen molar-refractivity contribution in [2.45, 2.75) is 4.90 Å². The fourth-order valence-electron chi connectivity index (χ4n) is 1.04. The molecule has 0 aliphatic carbocycles. The van der Waals surface area contributed by atoms with Crippen molar-refractivity contribution in [2.75, 3.05) is 11.2 Å². The molecule has 0 fully saturated rings. The molecule has 16 heavy (non-hydrogen) atoms. The number of primary sulfonamides is 1. The molecule has 88 valence electrons. The van der Waals surface area contributed by atoms with E-state index in [-0.39, 0.29) is 11.6 Å². The summed E-state index contributed by atoms with van der Waals surface area (Å²) in [5.74, 6) is -1.48. The van der Waals surface area contributed by atoms with Gasteiger partial charge in [0.05, 0.1) is 5.69 Å². The molecule has 0 unspecified atom stereocenters. The molecule has 1 aromatic carbocycles. The molecular weight excluding hydrogens is 256 g/mol. The van der Waals surface area contributed by atoms with Crippen LogP contribution in [0.4, 0.5) is 5.69 Å². The van der Waals surface area contributed by atoms with Gasteiger partial charge in [0, 0.05) is 0 Å². The highest BCUT2D eigenvalue weighted by atomic mass is 35.5. The third-order valence-electron chi connectivity index (χ3n) is 1.70. The van der Waals surface area contributed by atoms with Crippen molar-refractivity contribution >= 4 is 33.2 Å². The number of anilines is 1. The Labute approximate surface area is 97.1 Å². The van der Waals surface area contributed by atoms with E-state index in [1.807, 2.05) is 0 Å². The van der Waals surface area contributed by atoms with Crippen LogP contribution in [-0.4, -0.2) is 25.3 Å². The number of hydrogen-bond acceptors (Lipinski definition) is 4. The predicted molar refractivity (Wildman–Crippen MR) is 58.8 cm³/mol. The number of carbonyl (C=O) groups is 1. The summed E-state index contributed by atoms with van der Waals surface area (Å²) in [6.45, 7) is 0. The van der Waals surface area contributed by atoms with Gasteiger partial charge in [0.15, 0.2) is 5.75 Å². The Hall–Kier alpha value is -1.31. The monoisotopic (exact) mass is 264 g/mol. The zero-order valence-electron chi connectivity index (χ0n) is 7.97. The van der Waals surface area contributed by atoms with Gasteiger partial charge in [0.2, 0.25) is 15.9 Å². The molecule has 0 bridgehead atoms. The largest absolute Gasteiger partial charge is 0.504 e. The summed E-state index contributed by atoms with van der Waals surface area (Å²) in [6.07, 6.45) is 0. The van der Waals surface area contributed by atoms with Crippen molar-refractivity contribution in [3.8, 4) is 5.75 Å². The second-order valence-corrected chi connectivity index (χ2v) is 4.68. The van der Waals surface area contributed by atoms with Crippen LogP contribution in [0.1, 0.15) is 0 Å². The van der Waals surface area contributed by atoms with Crippen LogP contribution < -0.4 is 10.5 Å². The molecule has 1 aromatic rings. The van der Waals surface area contributed by atoms with E-state index in [0.29, 0.717) is 0 Å². The van der Waals surface area contributed by atoms with Crippen molar-refractivity contribution in [3.05, 3.63) is 18.2 Å². The van der Waals surface area contributed by atoms with E-state index >= 15 is 0 Å². The number of halogens is 1. The number of para-hydroxylation sites is 1. The number of nitrogens with two attached hydrogens (primary N) is 1. The van der Waals surface area contributed by atoms with E-state index in [2.05, 4.69) is 5.32 Å². The highest BCUT2D eigenvalue weighted by molar-refractivity contribution is 7.89. The van der Waals surface area contributed by atoms with Crippen LogP contribution in [0, 0.1) is 0 Å². The third-order valence-corrected chi connectivity index (χ3v) is 2.89. The first kappa shape index (κ1) is 12.8. The van der Waals surface area contributed by atoms with E-state index in [9.17, 15) is 18.3 Å². The predicted octanol–water partition coefficient (Wildman–Crippen LogP) is 0.217. The number of sulfonamides is 1. The maximum Gasteiger partial charge on any atom is 0.241 e. The molecular formula is C8H9ClN2O4S. The summed E-state index contributed by atoms with van der Waals surface area (Å²) >= 11 is 5.25. The van der Waals surface area contributed by atoms with Crippen molar-refractivity contribution in [3.63, 3.8) is 0 Å². The molecule has 0 radical (unpaired) electrons. The van der Waals surface area contributed by atoms with Crippen LogP contribution in [-0.2, 0) is 14.8 Å². The fraction of sp³-hybridized carbons (Fsp3) is 0.125. The second kappa shape index (κ2) is 4.69. The summed E-state index contributed by atoms with van der Waals surface area (Å²) in [6, 6.07) is 3.79. The molecule has 8 heteroatoms. The molecule has 0 atom stereocenters. The van der Waals surface area contributed by atoms with E-state index < -0.39 is 26.6 Å². The van der Waals surface area contributed by atoms with Crippen molar-refractivity contribution in [1.29, 1.82) is 0 Å². The number of phenols is 1. The molecule has 0 aromatic heterocycles. The van der Waals surface area contributed by atoms with Gasteiger partial charge >= 0.3 is 0 Å². The highest BCUT2D eigenvalue weighted by Gasteiger charge is 2.17. The first-order chi connectivity index (χ1) is 7.36. The van der Waals surface area contributed by atoms with E-state index in [0.717, 1.165) is 6.07 Å². The summed E-state index contributed by atoms with van der Waals surface area (Å²) < 4.78 is 22.1. The minimum atomic E-state index is -4.03. The van der Waals surface area contributed by atoms with E-state index in [1.165, 1.54) is 12.1 Å². The van der Waals surface area contributed by atoms with Gasteiger partial charge in [-0.2, -0.15) is 0 Å². The zero-order valence-corrected chi connectivity index (χ0v) is 9.55. The average molecular weight is 265 g/mol. The lowest BCUT2D eigenvalue weighted by atomic mass is 10.3. The quantitative estimate of drug-likeness (QED) is 0.536. The van der Waals surface area contributed by atoms with Gasteiger partial charge in [-0.1, -0.05) is 6.07 Å². The molecule has 0 aliphatic heterocycles. The first-order valence-corrected chi connectivity index (χ1v) is 6.15. The lowest BCUT2D eigenvalue weighted by Crippen LogP contribution is -2.15. The smallest absolute Gasteiger partial charge is 0.241 e. The summed E-state index contributed by atoms with van der Waals surface area (Å²) in [5, 5.41) is 16.6. The molecule has 0 aliphatic rings. The molecule has 1 rings (SSSR count). The number of aromatic hydroxyl groups is 1. The minimum Gasteiger partial charge on any atom is -0.504 e. The van der Waals surface area contributed by atoms with Crippen LogP contribution in [0.2, 0.25) is 0 Å². The topological polar surface area (TPSA) is 109 Å². The summed E-state index contributed by atoms with van der Waals surface area (Å²) in [4.78, 5) is 10.5. The van der Waals surface area contributed by atoms with Gasteiger partial charge < -0.3 is 10.4 Å². The zero-order chi connectivity index (χ0) is 12.3. The van der Waals surface area contributed by atoms with E-state index in [1.54, 1.807) is 0 Å². The number of alkyl halides is 1. The minimum absolute atomic E-state index is 0.0582. The normalized spacial score (nSPS) is 11.1. The number of rotatable bonds is 3. The van der Waals surface area contributed by atoms with Crippen LogP contribution >= 0.6 is 11.6 Å². The molecule has 6 nitrogen and oxygen atoms in total. The Balaban J connectivity index is 3.20. The number of carbonyl (C=O) groups excluding carboxylic acids is 1. The third kappa shape index (κ3) is 2.84. The number of nitrogens with one attached hydrogen (secondary N) is 1. The molecule has 0 spiro atoms. The van der Waals surface area contributed by atoms with Gasteiger partial charge in [-0.15, -0.1) is 11.6 Å². The van der Waals surface area contributed by atoms with Gasteiger partial charge in [-0.3, -0.25) is 4.79 Å².